The monoisotopic (exact) mass is 290 g/mol. The average molecular weight is 290 g/mol. The largest absolute Gasteiger partial charge is 0.383 e. The van der Waals surface area contributed by atoms with E-state index in [1.807, 2.05) is 11.3 Å². The summed E-state index contributed by atoms with van der Waals surface area (Å²) < 4.78 is 0. The van der Waals surface area contributed by atoms with Crippen LogP contribution in [0.1, 0.15) is 79.2 Å². The van der Waals surface area contributed by atoms with E-state index < -0.39 is 0 Å². The Balaban J connectivity index is 1.77. The van der Waals surface area contributed by atoms with Crippen LogP contribution >= 0.6 is 11.3 Å². The summed E-state index contributed by atoms with van der Waals surface area (Å²) in [5, 5.41) is 10.7. The molecule has 1 nitrogen and oxygen atoms in total. The number of hydrogen-bond acceptors (Lipinski definition) is 2. The second-order valence-corrected chi connectivity index (χ2v) is 7.46. The minimum atomic E-state index is -0.329. The van der Waals surface area contributed by atoms with Crippen LogP contribution in [0.25, 0.3) is 0 Å². The highest BCUT2D eigenvalue weighted by molar-refractivity contribution is 7.12. The van der Waals surface area contributed by atoms with E-state index in [0.717, 1.165) is 12.8 Å². The Kier molecular flexibility index (Phi) is 4.95. The molecule has 1 unspecified atom stereocenters. The summed E-state index contributed by atoms with van der Waals surface area (Å²) in [7, 11) is 0. The summed E-state index contributed by atoms with van der Waals surface area (Å²) in [6.45, 7) is 0. The first kappa shape index (κ1) is 14.3. The molecule has 0 saturated heterocycles. The van der Waals surface area contributed by atoms with E-state index in [9.17, 15) is 5.11 Å². The molecule has 1 N–H and O–H groups in total. The maximum atomic E-state index is 10.7. The molecule has 0 saturated carbocycles. The van der Waals surface area contributed by atoms with E-state index >= 15 is 0 Å². The van der Waals surface area contributed by atoms with Crippen molar-refractivity contribution in [3.63, 3.8) is 0 Å². The van der Waals surface area contributed by atoms with E-state index in [-0.39, 0.29) is 6.10 Å². The van der Waals surface area contributed by atoms with E-state index in [1.54, 1.807) is 4.88 Å². The Hall–Kier alpha value is -0.600. The molecule has 1 atom stereocenters. The van der Waals surface area contributed by atoms with Gasteiger partial charge in [-0.25, -0.2) is 0 Å². The molecule has 20 heavy (non-hydrogen) atoms. The van der Waals surface area contributed by atoms with Gasteiger partial charge in [0.05, 0.1) is 0 Å². The molecule has 3 rings (SSSR count). The maximum Gasteiger partial charge on any atom is 0.109 e. The lowest BCUT2D eigenvalue weighted by Gasteiger charge is -2.16. The van der Waals surface area contributed by atoms with Crippen LogP contribution in [-0.2, 0) is 12.8 Å². The van der Waals surface area contributed by atoms with Crippen molar-refractivity contribution in [2.75, 3.05) is 0 Å². The lowest BCUT2D eigenvalue weighted by molar-refractivity contribution is 0.213. The third-order valence-electron chi connectivity index (χ3n) is 4.71. The first-order valence-electron chi connectivity index (χ1n) is 8.33. The van der Waals surface area contributed by atoms with Gasteiger partial charge in [-0.2, -0.15) is 0 Å². The van der Waals surface area contributed by atoms with Gasteiger partial charge in [-0.15, -0.1) is 11.3 Å². The van der Waals surface area contributed by atoms with Gasteiger partial charge in [0.15, 0.2) is 0 Å². The summed E-state index contributed by atoms with van der Waals surface area (Å²) in [5.74, 6) is 0. The SMILES string of the molecule is OC(C1=CCCCCCC1)c1cc2c(s1)CCCCC2. The molecule has 2 aliphatic carbocycles. The fourth-order valence-corrected chi connectivity index (χ4v) is 4.76. The second kappa shape index (κ2) is 6.91. The molecule has 1 heterocycles. The van der Waals surface area contributed by atoms with Crippen LogP contribution in [0.2, 0.25) is 0 Å². The molecule has 0 bridgehead atoms. The zero-order valence-electron chi connectivity index (χ0n) is 12.4. The van der Waals surface area contributed by atoms with Gasteiger partial charge in [0.25, 0.3) is 0 Å². The topological polar surface area (TPSA) is 20.2 Å². The Bertz CT molecular complexity index is 448. The van der Waals surface area contributed by atoms with Crippen LogP contribution in [0.5, 0.6) is 0 Å². The standard InChI is InChI=1S/C18H26OS/c19-18(14-9-5-2-1-3-6-10-14)17-13-15-11-7-4-8-12-16(15)20-17/h9,13,18-19H,1-8,10-12H2. The van der Waals surface area contributed by atoms with Crippen molar-refractivity contribution in [3.8, 4) is 0 Å². The molecule has 0 fully saturated rings. The fourth-order valence-electron chi connectivity index (χ4n) is 3.47. The van der Waals surface area contributed by atoms with Gasteiger partial charge in [0.1, 0.15) is 6.10 Å². The van der Waals surface area contributed by atoms with Crippen LogP contribution in [0.3, 0.4) is 0 Å². The van der Waals surface area contributed by atoms with E-state index in [0.29, 0.717) is 0 Å². The minimum absolute atomic E-state index is 0.329. The molecule has 0 aliphatic heterocycles. The zero-order chi connectivity index (χ0) is 13.8. The van der Waals surface area contributed by atoms with Crippen LogP contribution in [0.15, 0.2) is 17.7 Å². The number of aliphatic hydroxyl groups is 1. The lowest BCUT2D eigenvalue weighted by atomic mass is 9.95. The van der Waals surface area contributed by atoms with Crippen molar-refractivity contribution in [1.82, 2.24) is 0 Å². The first-order chi connectivity index (χ1) is 9.84. The third-order valence-corrected chi connectivity index (χ3v) is 6.00. The molecule has 2 heteroatoms. The van der Waals surface area contributed by atoms with Crippen LogP contribution in [-0.4, -0.2) is 5.11 Å². The smallest absolute Gasteiger partial charge is 0.109 e. The fraction of sp³-hybridized carbons (Fsp3) is 0.667. The van der Waals surface area contributed by atoms with Crippen molar-refractivity contribution >= 4 is 11.3 Å². The van der Waals surface area contributed by atoms with Gasteiger partial charge >= 0.3 is 0 Å². The lowest BCUT2D eigenvalue weighted by Crippen LogP contribution is -2.02. The first-order valence-corrected chi connectivity index (χ1v) is 9.15. The number of aryl methyl sites for hydroxylation is 2. The molecule has 0 amide bonds. The normalized spacial score (nSPS) is 22.1. The van der Waals surface area contributed by atoms with E-state index in [4.69, 9.17) is 0 Å². The molecule has 2 aliphatic rings. The summed E-state index contributed by atoms with van der Waals surface area (Å²) in [5.41, 5.74) is 2.80. The molecule has 0 radical (unpaired) electrons. The van der Waals surface area contributed by atoms with Gasteiger partial charge < -0.3 is 5.11 Å². The number of hydrogen-bond donors (Lipinski definition) is 1. The highest BCUT2D eigenvalue weighted by atomic mass is 32.1. The molecular formula is C18H26OS. The summed E-state index contributed by atoms with van der Waals surface area (Å²) in [6, 6.07) is 2.30. The van der Waals surface area contributed by atoms with Crippen LogP contribution in [0, 0.1) is 0 Å². The van der Waals surface area contributed by atoms with Gasteiger partial charge in [-0.05, 0) is 68.6 Å². The van der Waals surface area contributed by atoms with Crippen molar-refractivity contribution in [3.05, 3.63) is 33.0 Å². The zero-order valence-corrected chi connectivity index (χ0v) is 13.2. The predicted octanol–water partition coefficient (Wildman–Crippen LogP) is 5.33. The van der Waals surface area contributed by atoms with Gasteiger partial charge in [-0.1, -0.05) is 25.3 Å². The van der Waals surface area contributed by atoms with Crippen LogP contribution in [0.4, 0.5) is 0 Å². The van der Waals surface area contributed by atoms with Gasteiger partial charge in [-0.3, -0.25) is 0 Å². The van der Waals surface area contributed by atoms with Gasteiger partial charge in [0, 0.05) is 9.75 Å². The Morgan fingerprint density at radius 2 is 1.65 bits per heavy atom. The number of thiophene rings is 1. The second-order valence-electron chi connectivity index (χ2n) is 6.29. The predicted molar refractivity (Wildman–Crippen MR) is 86.3 cm³/mol. The molecule has 1 aromatic rings. The molecule has 110 valence electrons. The summed E-state index contributed by atoms with van der Waals surface area (Å²) >= 11 is 1.87. The number of allylic oxidation sites excluding steroid dienone is 1. The highest BCUT2D eigenvalue weighted by Gasteiger charge is 2.20. The Morgan fingerprint density at radius 3 is 2.60 bits per heavy atom. The Morgan fingerprint density at radius 1 is 0.900 bits per heavy atom. The van der Waals surface area contributed by atoms with E-state index in [2.05, 4.69) is 12.1 Å². The number of rotatable bonds is 2. The molecular weight excluding hydrogens is 264 g/mol. The van der Waals surface area contributed by atoms with Crippen molar-refractivity contribution in [1.29, 1.82) is 0 Å². The van der Waals surface area contributed by atoms with E-state index in [1.165, 1.54) is 73.8 Å². The average Bonchev–Trinajstić information content (AvgIpc) is 2.69. The summed E-state index contributed by atoms with van der Waals surface area (Å²) in [6.07, 6.45) is 15.9. The summed E-state index contributed by atoms with van der Waals surface area (Å²) in [4.78, 5) is 2.74. The Labute approximate surface area is 126 Å². The maximum absolute atomic E-state index is 10.7. The molecule has 0 aromatic carbocycles. The number of fused-ring (bicyclic) bond motifs is 1. The van der Waals surface area contributed by atoms with Crippen molar-refractivity contribution in [2.45, 2.75) is 76.7 Å². The molecule has 1 aromatic heterocycles. The van der Waals surface area contributed by atoms with Crippen molar-refractivity contribution in [2.24, 2.45) is 0 Å². The van der Waals surface area contributed by atoms with Crippen molar-refractivity contribution < 1.29 is 5.11 Å². The third kappa shape index (κ3) is 3.35. The highest BCUT2D eigenvalue weighted by Crippen LogP contribution is 2.36. The molecule has 0 spiro atoms. The van der Waals surface area contributed by atoms with Gasteiger partial charge in [0.2, 0.25) is 0 Å². The van der Waals surface area contributed by atoms with Crippen LogP contribution < -0.4 is 0 Å². The quantitative estimate of drug-likeness (QED) is 0.576. The minimum Gasteiger partial charge on any atom is -0.383 e. The number of aliphatic hydroxyl groups excluding tert-OH is 1.